The van der Waals surface area contributed by atoms with E-state index in [0.29, 0.717) is 27.2 Å². The van der Waals surface area contributed by atoms with Crippen molar-refractivity contribution in [3.05, 3.63) is 96.4 Å². The summed E-state index contributed by atoms with van der Waals surface area (Å²) in [7, 11) is 0. The van der Waals surface area contributed by atoms with Gasteiger partial charge in [0.25, 0.3) is 17.2 Å². The fourth-order valence-corrected chi connectivity index (χ4v) is 4.41. The molecule has 2 aromatic heterocycles. The summed E-state index contributed by atoms with van der Waals surface area (Å²) in [5.41, 5.74) is 1.16. The molecule has 4 aromatic rings. The van der Waals surface area contributed by atoms with E-state index in [0.717, 1.165) is 16.9 Å². The highest BCUT2D eigenvalue weighted by atomic mass is 35.5. The van der Waals surface area contributed by atoms with E-state index >= 15 is 0 Å². The number of aryl methyl sites for hydroxylation is 1. The van der Waals surface area contributed by atoms with E-state index in [2.05, 4.69) is 10.3 Å². The molecule has 0 aliphatic carbocycles. The lowest BCUT2D eigenvalue weighted by Gasteiger charge is -2.06. The molecule has 2 heterocycles. The highest BCUT2D eigenvalue weighted by Crippen LogP contribution is 2.30. The molecular formula is C21H15ClN4O4S. The molecule has 10 heteroatoms. The van der Waals surface area contributed by atoms with Crippen LogP contribution in [0.15, 0.2) is 59.7 Å². The molecular weight excluding hydrogens is 440 g/mol. The normalized spacial score (nSPS) is 10.9. The van der Waals surface area contributed by atoms with E-state index in [-0.39, 0.29) is 22.0 Å². The van der Waals surface area contributed by atoms with E-state index < -0.39 is 10.8 Å². The fourth-order valence-electron chi connectivity index (χ4n) is 3.19. The molecule has 1 amide bonds. The van der Waals surface area contributed by atoms with Gasteiger partial charge in [-0.2, -0.15) is 0 Å². The first-order chi connectivity index (χ1) is 14.8. The number of nitro groups is 1. The number of rotatable bonds is 5. The standard InChI is InChI=1S/C21H15ClN4O4S/c1-12-17-20(23-11-25(21(17)28)10-13-5-3-2-4-6-13)31-18(12)19(27)24-14-7-8-15(22)16(9-14)26(29)30/h2-9,11H,10H2,1H3,(H,24,27). The zero-order valence-corrected chi connectivity index (χ0v) is 17.7. The number of benzene rings is 2. The van der Waals surface area contributed by atoms with Gasteiger partial charge in [-0.15, -0.1) is 11.3 Å². The predicted molar refractivity (Wildman–Crippen MR) is 120 cm³/mol. The molecule has 0 spiro atoms. The van der Waals surface area contributed by atoms with Crippen molar-refractivity contribution in [2.24, 2.45) is 0 Å². The maximum absolute atomic E-state index is 13.0. The van der Waals surface area contributed by atoms with Crippen molar-refractivity contribution < 1.29 is 9.72 Å². The summed E-state index contributed by atoms with van der Waals surface area (Å²) in [6, 6.07) is 13.5. The van der Waals surface area contributed by atoms with Crippen molar-refractivity contribution in [3.63, 3.8) is 0 Å². The zero-order chi connectivity index (χ0) is 22.1. The number of thiophene rings is 1. The van der Waals surface area contributed by atoms with Crippen molar-refractivity contribution in [2.75, 3.05) is 5.32 Å². The Labute approximate surface area is 184 Å². The number of nitro benzene ring substituents is 1. The number of amides is 1. The molecule has 0 saturated carbocycles. The van der Waals surface area contributed by atoms with Gasteiger partial charge >= 0.3 is 0 Å². The lowest BCUT2D eigenvalue weighted by Crippen LogP contribution is -2.21. The van der Waals surface area contributed by atoms with Crippen LogP contribution in [0, 0.1) is 17.0 Å². The van der Waals surface area contributed by atoms with Crippen LogP contribution in [-0.2, 0) is 6.54 Å². The molecule has 0 fully saturated rings. The number of halogens is 1. The Morgan fingerprint density at radius 1 is 1.26 bits per heavy atom. The minimum Gasteiger partial charge on any atom is -0.321 e. The summed E-state index contributed by atoms with van der Waals surface area (Å²) >= 11 is 6.91. The van der Waals surface area contributed by atoms with Gasteiger partial charge in [0.1, 0.15) is 9.85 Å². The molecule has 0 atom stereocenters. The van der Waals surface area contributed by atoms with Gasteiger partial charge in [0, 0.05) is 11.8 Å². The van der Waals surface area contributed by atoms with Gasteiger partial charge in [0.2, 0.25) is 0 Å². The molecule has 0 aliphatic rings. The molecule has 2 aromatic carbocycles. The molecule has 0 radical (unpaired) electrons. The number of nitrogens with zero attached hydrogens (tertiary/aromatic N) is 3. The van der Waals surface area contributed by atoms with Crippen LogP contribution in [0.3, 0.4) is 0 Å². The summed E-state index contributed by atoms with van der Waals surface area (Å²) in [6.45, 7) is 2.06. The lowest BCUT2D eigenvalue weighted by atomic mass is 10.2. The number of carbonyl (C=O) groups excluding carboxylic acids is 1. The first-order valence-corrected chi connectivity index (χ1v) is 10.3. The van der Waals surface area contributed by atoms with Crippen LogP contribution in [0.25, 0.3) is 10.2 Å². The van der Waals surface area contributed by atoms with Crippen molar-refractivity contribution in [1.29, 1.82) is 0 Å². The highest BCUT2D eigenvalue weighted by Gasteiger charge is 2.21. The summed E-state index contributed by atoms with van der Waals surface area (Å²) in [5.74, 6) is -0.480. The number of hydrogen-bond donors (Lipinski definition) is 1. The first-order valence-electron chi connectivity index (χ1n) is 9.13. The largest absolute Gasteiger partial charge is 0.321 e. The lowest BCUT2D eigenvalue weighted by molar-refractivity contribution is -0.384. The minimum absolute atomic E-state index is 0.0239. The number of hydrogen-bond acceptors (Lipinski definition) is 6. The minimum atomic E-state index is -0.623. The van der Waals surface area contributed by atoms with Gasteiger partial charge in [-0.3, -0.25) is 24.3 Å². The van der Waals surface area contributed by atoms with E-state index in [4.69, 9.17) is 11.6 Å². The first kappa shape index (κ1) is 20.7. The second-order valence-electron chi connectivity index (χ2n) is 6.78. The molecule has 0 bridgehead atoms. The number of anilines is 1. The van der Waals surface area contributed by atoms with Crippen LogP contribution < -0.4 is 10.9 Å². The Morgan fingerprint density at radius 3 is 2.71 bits per heavy atom. The second kappa shape index (κ2) is 8.29. The van der Waals surface area contributed by atoms with Gasteiger partial charge in [-0.25, -0.2) is 4.98 Å². The van der Waals surface area contributed by atoms with Crippen LogP contribution in [0.4, 0.5) is 11.4 Å². The number of fused-ring (bicyclic) bond motifs is 1. The second-order valence-corrected chi connectivity index (χ2v) is 8.18. The summed E-state index contributed by atoms with van der Waals surface area (Å²) in [5, 5.41) is 14.1. The van der Waals surface area contributed by atoms with Crippen molar-refractivity contribution in [3.8, 4) is 0 Å². The quantitative estimate of drug-likeness (QED) is 0.349. The predicted octanol–water partition coefficient (Wildman–Crippen LogP) is 4.63. The van der Waals surface area contributed by atoms with Crippen molar-refractivity contribution >= 4 is 50.4 Å². The SMILES string of the molecule is Cc1c(C(=O)Nc2ccc(Cl)c([N+](=O)[O-])c2)sc2ncn(Cc3ccccc3)c(=O)c12. The molecule has 8 nitrogen and oxygen atoms in total. The van der Waals surface area contributed by atoms with Crippen molar-refractivity contribution in [1.82, 2.24) is 9.55 Å². The van der Waals surface area contributed by atoms with E-state index in [1.54, 1.807) is 6.92 Å². The Kier molecular flexibility index (Phi) is 5.53. The van der Waals surface area contributed by atoms with Crippen LogP contribution in [0.5, 0.6) is 0 Å². The average molecular weight is 455 g/mol. The molecule has 0 aliphatic heterocycles. The molecule has 156 valence electrons. The number of carbonyl (C=O) groups is 1. The van der Waals surface area contributed by atoms with Crippen LogP contribution in [0.2, 0.25) is 5.02 Å². The number of nitrogens with one attached hydrogen (secondary N) is 1. The maximum Gasteiger partial charge on any atom is 0.289 e. The Bertz CT molecular complexity index is 1380. The molecule has 0 unspecified atom stereocenters. The van der Waals surface area contributed by atoms with Gasteiger partial charge in [0.05, 0.1) is 28.1 Å². The summed E-state index contributed by atoms with van der Waals surface area (Å²) in [6.07, 6.45) is 1.47. The van der Waals surface area contributed by atoms with Gasteiger partial charge in [0.15, 0.2) is 0 Å². The molecule has 31 heavy (non-hydrogen) atoms. The van der Waals surface area contributed by atoms with E-state index in [1.807, 2.05) is 30.3 Å². The summed E-state index contributed by atoms with van der Waals surface area (Å²) < 4.78 is 1.50. The van der Waals surface area contributed by atoms with Crippen LogP contribution in [-0.4, -0.2) is 20.4 Å². The summed E-state index contributed by atoms with van der Waals surface area (Å²) in [4.78, 5) is 41.4. The smallest absolute Gasteiger partial charge is 0.289 e. The van der Waals surface area contributed by atoms with Crippen LogP contribution in [0.1, 0.15) is 20.8 Å². The van der Waals surface area contributed by atoms with Gasteiger partial charge < -0.3 is 5.32 Å². The van der Waals surface area contributed by atoms with E-state index in [1.165, 1.54) is 29.1 Å². The fraction of sp³-hybridized carbons (Fsp3) is 0.0952. The van der Waals surface area contributed by atoms with Gasteiger partial charge in [-0.1, -0.05) is 41.9 Å². The van der Waals surface area contributed by atoms with Crippen LogP contribution >= 0.6 is 22.9 Å². The monoisotopic (exact) mass is 454 g/mol. The number of aromatic nitrogens is 2. The Morgan fingerprint density at radius 2 is 2.00 bits per heavy atom. The average Bonchev–Trinajstić information content (AvgIpc) is 3.09. The third kappa shape index (κ3) is 4.05. The Balaban J connectivity index is 1.67. The Hall–Kier alpha value is -3.56. The topological polar surface area (TPSA) is 107 Å². The molecule has 0 saturated heterocycles. The zero-order valence-electron chi connectivity index (χ0n) is 16.2. The van der Waals surface area contributed by atoms with E-state index in [9.17, 15) is 19.7 Å². The van der Waals surface area contributed by atoms with Gasteiger partial charge in [-0.05, 0) is 30.2 Å². The highest BCUT2D eigenvalue weighted by molar-refractivity contribution is 7.20. The third-order valence-electron chi connectivity index (χ3n) is 4.72. The molecule has 1 N–H and O–H groups in total. The third-order valence-corrected chi connectivity index (χ3v) is 6.24. The molecule has 4 rings (SSSR count). The maximum atomic E-state index is 13.0. The van der Waals surface area contributed by atoms with Crippen molar-refractivity contribution in [2.45, 2.75) is 13.5 Å².